The lowest BCUT2D eigenvalue weighted by Crippen LogP contribution is -2.37. The molecule has 0 bridgehead atoms. The van der Waals surface area contributed by atoms with E-state index in [1.165, 1.54) is 141 Å². The molecule has 0 heterocycles. The highest BCUT2D eigenvalue weighted by Crippen LogP contribution is 2.38. The predicted octanol–water partition coefficient (Wildman–Crippen LogP) is 15.6. The minimum atomic E-state index is -4.63. The van der Waals surface area contributed by atoms with Crippen molar-refractivity contribution in [2.24, 2.45) is 0 Å². The van der Waals surface area contributed by atoms with Gasteiger partial charge in [-0.1, -0.05) is 223 Å². The van der Waals surface area contributed by atoms with Crippen LogP contribution in [0.4, 0.5) is 0 Å². The normalized spacial score (nSPS) is 13.8. The van der Waals surface area contributed by atoms with Gasteiger partial charge in [-0.15, -0.1) is 0 Å². The summed E-state index contributed by atoms with van der Waals surface area (Å²) in [6, 6.07) is 0. The molecule has 0 radical (unpaired) electrons. The molecule has 2 unspecified atom stereocenters. The van der Waals surface area contributed by atoms with E-state index in [1.807, 2.05) is 21.1 Å². The number of allylic oxidation sites excluding steroid dienone is 8. The van der Waals surface area contributed by atoms with Crippen LogP contribution in [0.5, 0.6) is 0 Å². The van der Waals surface area contributed by atoms with Gasteiger partial charge in [0.1, 0.15) is 19.8 Å². The van der Waals surface area contributed by atoms with Gasteiger partial charge in [-0.05, 0) is 51.4 Å². The first-order valence-corrected chi connectivity index (χ1v) is 28.3. The summed E-state index contributed by atoms with van der Waals surface area (Å²) in [5.41, 5.74) is 0. The molecule has 9 nitrogen and oxygen atoms in total. The zero-order valence-corrected chi connectivity index (χ0v) is 43.8. The van der Waals surface area contributed by atoms with E-state index in [2.05, 4.69) is 62.5 Å². The number of esters is 2. The molecule has 65 heavy (non-hydrogen) atoms. The molecule has 0 aromatic rings. The van der Waals surface area contributed by atoms with Crippen molar-refractivity contribution in [2.45, 2.75) is 245 Å². The van der Waals surface area contributed by atoms with Gasteiger partial charge in [-0.25, -0.2) is 0 Å². The van der Waals surface area contributed by atoms with E-state index in [0.717, 1.165) is 64.2 Å². The van der Waals surface area contributed by atoms with E-state index in [-0.39, 0.29) is 32.0 Å². The number of nitrogens with zero attached hydrogens (tertiary/aromatic N) is 1. The standard InChI is InChI=1S/C55H102NO8P/c1-6-8-10-12-14-16-18-20-22-23-24-25-26-27-28-29-30-31-32-33-34-36-38-40-42-44-46-48-55(58)64-53(52-63-65(59,60)62-50-49-56(3,4)5)51-61-54(57)47-45-43-41-39-37-35-21-19-17-15-13-11-9-7-2/h8,10,14,16,20,22,24-25,53H,6-7,9,11-13,15,17-19,21,23,26-52H2,1-5H3/b10-8-,16-14-,22-20-,25-24-. The Kier molecular flexibility index (Phi) is 45.6. The average molecular weight is 936 g/mol. The third kappa shape index (κ3) is 51.2. The SMILES string of the molecule is CC/C=C\C/C=C\C/C=C\C/C=C\CCCCCCCCCCCCCCCCC(=O)OC(COC(=O)CCCCCCCCCCCCCCCC)COP(=O)([O-])OCC[N+](C)(C)C. The fraction of sp³-hybridized carbons (Fsp3) is 0.818. The van der Waals surface area contributed by atoms with Crippen LogP contribution in [-0.2, 0) is 32.7 Å². The number of phosphoric acid groups is 1. The summed E-state index contributed by atoms with van der Waals surface area (Å²) in [5, 5.41) is 0. The molecule has 0 saturated heterocycles. The Bertz CT molecular complexity index is 1240. The van der Waals surface area contributed by atoms with E-state index < -0.39 is 26.5 Å². The fourth-order valence-electron chi connectivity index (χ4n) is 7.47. The summed E-state index contributed by atoms with van der Waals surface area (Å²) in [6.45, 7) is 4.15. The van der Waals surface area contributed by atoms with E-state index in [9.17, 15) is 19.0 Å². The number of quaternary nitrogens is 1. The molecule has 0 aliphatic carbocycles. The van der Waals surface area contributed by atoms with E-state index in [4.69, 9.17) is 18.5 Å². The number of phosphoric ester groups is 1. The Hall–Kier alpha value is -2.03. The molecule has 0 spiro atoms. The van der Waals surface area contributed by atoms with E-state index in [1.54, 1.807) is 0 Å². The minimum absolute atomic E-state index is 0.0299. The van der Waals surface area contributed by atoms with Gasteiger partial charge in [0, 0.05) is 12.8 Å². The molecule has 0 aromatic carbocycles. The van der Waals surface area contributed by atoms with Gasteiger partial charge in [0.05, 0.1) is 27.7 Å². The van der Waals surface area contributed by atoms with Crippen molar-refractivity contribution < 1.29 is 42.1 Å². The van der Waals surface area contributed by atoms with Crippen molar-refractivity contribution in [3.63, 3.8) is 0 Å². The molecule has 10 heteroatoms. The quantitative estimate of drug-likeness (QED) is 0.0195. The predicted molar refractivity (Wildman–Crippen MR) is 273 cm³/mol. The Balaban J connectivity index is 4.14. The molecule has 0 rings (SSSR count). The molecule has 0 N–H and O–H groups in total. The number of likely N-dealkylation sites (N-methyl/N-ethyl adjacent to an activating group) is 1. The lowest BCUT2D eigenvalue weighted by atomic mass is 10.0. The molecule has 0 aliphatic heterocycles. The van der Waals surface area contributed by atoms with Crippen molar-refractivity contribution in [3.8, 4) is 0 Å². The second-order valence-electron chi connectivity index (χ2n) is 19.2. The van der Waals surface area contributed by atoms with E-state index >= 15 is 0 Å². The number of hydrogen-bond acceptors (Lipinski definition) is 8. The van der Waals surface area contributed by atoms with Crippen LogP contribution in [0.2, 0.25) is 0 Å². The van der Waals surface area contributed by atoms with Crippen LogP contribution in [0.3, 0.4) is 0 Å². The summed E-state index contributed by atoms with van der Waals surface area (Å²) in [4.78, 5) is 37.7. The van der Waals surface area contributed by atoms with Gasteiger partial charge in [0.25, 0.3) is 7.82 Å². The molecule has 0 saturated carbocycles. The first-order valence-electron chi connectivity index (χ1n) is 26.8. The number of carbonyl (C=O) groups excluding carboxylic acids is 2. The molecule has 380 valence electrons. The number of rotatable bonds is 49. The van der Waals surface area contributed by atoms with Crippen LogP contribution < -0.4 is 4.89 Å². The largest absolute Gasteiger partial charge is 0.756 e. The van der Waals surface area contributed by atoms with Crippen LogP contribution in [-0.4, -0.2) is 70.0 Å². The number of ether oxygens (including phenoxy) is 2. The first-order chi connectivity index (χ1) is 31.5. The maximum Gasteiger partial charge on any atom is 0.306 e. The molecular weight excluding hydrogens is 834 g/mol. The number of hydrogen-bond donors (Lipinski definition) is 0. The smallest absolute Gasteiger partial charge is 0.306 e. The van der Waals surface area contributed by atoms with Crippen molar-refractivity contribution in [1.29, 1.82) is 0 Å². The Morgan fingerprint density at radius 2 is 0.877 bits per heavy atom. The van der Waals surface area contributed by atoms with Gasteiger partial charge in [0.15, 0.2) is 6.10 Å². The van der Waals surface area contributed by atoms with Crippen molar-refractivity contribution in [2.75, 3.05) is 47.5 Å². The van der Waals surface area contributed by atoms with Crippen LogP contribution in [0.1, 0.15) is 239 Å². The second kappa shape index (κ2) is 47.1. The van der Waals surface area contributed by atoms with Crippen molar-refractivity contribution in [3.05, 3.63) is 48.6 Å². The first kappa shape index (κ1) is 63.0. The lowest BCUT2D eigenvalue weighted by Gasteiger charge is -2.28. The van der Waals surface area contributed by atoms with Gasteiger partial charge in [-0.2, -0.15) is 0 Å². The Labute approximate surface area is 401 Å². The molecule has 0 amide bonds. The van der Waals surface area contributed by atoms with Crippen molar-refractivity contribution >= 4 is 19.8 Å². The summed E-state index contributed by atoms with van der Waals surface area (Å²) in [6.07, 6.45) is 57.2. The zero-order chi connectivity index (χ0) is 47.8. The summed E-state index contributed by atoms with van der Waals surface area (Å²) in [7, 11) is 1.17. The van der Waals surface area contributed by atoms with Gasteiger partial charge >= 0.3 is 11.9 Å². The van der Waals surface area contributed by atoms with E-state index in [0.29, 0.717) is 17.4 Å². The minimum Gasteiger partial charge on any atom is -0.756 e. The van der Waals surface area contributed by atoms with Crippen LogP contribution in [0.15, 0.2) is 48.6 Å². The summed E-state index contributed by atoms with van der Waals surface area (Å²) < 4.78 is 34.1. The highest BCUT2D eigenvalue weighted by molar-refractivity contribution is 7.45. The van der Waals surface area contributed by atoms with Crippen LogP contribution >= 0.6 is 7.82 Å². The van der Waals surface area contributed by atoms with Gasteiger partial charge < -0.3 is 27.9 Å². The molecule has 0 aliphatic rings. The maximum absolute atomic E-state index is 12.8. The molecule has 2 atom stereocenters. The highest BCUT2D eigenvalue weighted by Gasteiger charge is 2.21. The highest BCUT2D eigenvalue weighted by atomic mass is 31.2. The summed E-state index contributed by atoms with van der Waals surface area (Å²) in [5.74, 6) is -0.826. The maximum atomic E-state index is 12.8. The third-order valence-electron chi connectivity index (χ3n) is 11.6. The lowest BCUT2D eigenvalue weighted by molar-refractivity contribution is -0.870. The van der Waals surface area contributed by atoms with Gasteiger partial charge in [-0.3, -0.25) is 14.2 Å². The van der Waals surface area contributed by atoms with Crippen molar-refractivity contribution in [1.82, 2.24) is 0 Å². The Morgan fingerprint density at radius 3 is 1.31 bits per heavy atom. The average Bonchev–Trinajstić information content (AvgIpc) is 3.26. The fourth-order valence-corrected chi connectivity index (χ4v) is 8.20. The molecule has 0 aromatic heterocycles. The molecule has 0 fully saturated rings. The van der Waals surface area contributed by atoms with Crippen LogP contribution in [0.25, 0.3) is 0 Å². The number of carbonyl (C=O) groups is 2. The molecular formula is C55H102NO8P. The summed E-state index contributed by atoms with van der Waals surface area (Å²) >= 11 is 0. The zero-order valence-electron chi connectivity index (χ0n) is 42.9. The number of unbranched alkanes of at least 4 members (excludes halogenated alkanes) is 27. The Morgan fingerprint density at radius 1 is 0.492 bits per heavy atom. The second-order valence-corrected chi connectivity index (χ2v) is 20.6. The van der Waals surface area contributed by atoms with Crippen LogP contribution in [0, 0.1) is 0 Å². The topological polar surface area (TPSA) is 111 Å². The third-order valence-corrected chi connectivity index (χ3v) is 12.6. The van der Waals surface area contributed by atoms with Gasteiger partial charge in [0.2, 0.25) is 0 Å². The monoisotopic (exact) mass is 936 g/mol.